The smallest absolute Gasteiger partial charge is 0.238 e. The van der Waals surface area contributed by atoms with Gasteiger partial charge in [0.25, 0.3) is 0 Å². The summed E-state index contributed by atoms with van der Waals surface area (Å²) in [4.78, 5) is 11.7. The fourth-order valence-electron chi connectivity index (χ4n) is 1.92. The van der Waals surface area contributed by atoms with Crippen LogP contribution in [-0.2, 0) is 4.79 Å². The maximum atomic E-state index is 11.7. The Morgan fingerprint density at radius 3 is 2.89 bits per heavy atom. The van der Waals surface area contributed by atoms with Crippen molar-refractivity contribution in [3.8, 4) is 5.75 Å². The third-order valence-electron chi connectivity index (χ3n) is 3.19. The van der Waals surface area contributed by atoms with Crippen LogP contribution >= 0.6 is 0 Å². The van der Waals surface area contributed by atoms with Crippen LogP contribution < -0.4 is 15.4 Å². The second-order valence-electron chi connectivity index (χ2n) is 4.78. The molecule has 1 aliphatic carbocycles. The zero-order valence-corrected chi connectivity index (χ0v) is 11.1. The van der Waals surface area contributed by atoms with Gasteiger partial charge >= 0.3 is 0 Å². The average Bonchev–Trinajstić information content (AvgIpc) is 3.23. The fraction of sp³-hybridized carbons (Fsp3) is 0.500. The van der Waals surface area contributed by atoms with Gasteiger partial charge in [-0.1, -0.05) is 12.1 Å². The van der Waals surface area contributed by atoms with Gasteiger partial charge in [-0.2, -0.15) is 0 Å². The molecule has 0 aliphatic heterocycles. The Morgan fingerprint density at radius 2 is 2.21 bits per heavy atom. The van der Waals surface area contributed by atoms with Crippen molar-refractivity contribution < 1.29 is 14.6 Å². The third kappa shape index (κ3) is 4.22. The van der Waals surface area contributed by atoms with Gasteiger partial charge in [-0.15, -0.1) is 0 Å². The Hall–Kier alpha value is -1.59. The van der Waals surface area contributed by atoms with E-state index in [9.17, 15) is 9.90 Å². The highest BCUT2D eigenvalue weighted by atomic mass is 16.5. The van der Waals surface area contributed by atoms with E-state index in [1.54, 1.807) is 19.2 Å². The molecule has 1 atom stereocenters. The fourth-order valence-corrected chi connectivity index (χ4v) is 1.92. The summed E-state index contributed by atoms with van der Waals surface area (Å²) >= 11 is 0. The number of hydrogen-bond donors (Lipinski definition) is 3. The molecule has 0 spiro atoms. The maximum Gasteiger partial charge on any atom is 0.238 e. The van der Waals surface area contributed by atoms with Crippen molar-refractivity contribution in [2.24, 2.45) is 5.92 Å². The number of carbonyl (C=O) groups is 1. The SMILES string of the molecule is COc1ccccc1NC(=O)CNCC(O)C1CC1. The lowest BCUT2D eigenvalue weighted by Crippen LogP contribution is -2.34. The standard InChI is InChI=1S/C14H20N2O3/c1-19-13-5-3-2-4-11(13)16-14(18)9-15-8-12(17)10-6-7-10/h2-5,10,12,15,17H,6-9H2,1H3,(H,16,18). The zero-order chi connectivity index (χ0) is 13.7. The van der Waals surface area contributed by atoms with Crippen LogP contribution in [0.25, 0.3) is 0 Å². The molecule has 1 aliphatic rings. The van der Waals surface area contributed by atoms with E-state index in [1.165, 1.54) is 0 Å². The minimum absolute atomic E-state index is 0.146. The van der Waals surface area contributed by atoms with Crippen molar-refractivity contribution >= 4 is 11.6 Å². The predicted octanol–water partition coefficient (Wildman–Crippen LogP) is 0.994. The van der Waals surface area contributed by atoms with Crippen LogP contribution in [0.5, 0.6) is 5.75 Å². The zero-order valence-electron chi connectivity index (χ0n) is 11.1. The lowest BCUT2D eigenvalue weighted by atomic mass is 10.2. The summed E-state index contributed by atoms with van der Waals surface area (Å²) in [6, 6.07) is 7.26. The number of para-hydroxylation sites is 2. The Bertz CT molecular complexity index is 432. The number of ether oxygens (including phenoxy) is 1. The predicted molar refractivity (Wildman–Crippen MR) is 73.2 cm³/mol. The number of carbonyl (C=O) groups excluding carboxylic acids is 1. The Morgan fingerprint density at radius 1 is 1.47 bits per heavy atom. The second kappa shape index (κ2) is 6.54. The normalized spacial score (nSPS) is 15.9. The van der Waals surface area contributed by atoms with Crippen LogP contribution in [0, 0.1) is 5.92 Å². The number of aliphatic hydroxyl groups excluding tert-OH is 1. The first-order valence-electron chi connectivity index (χ1n) is 6.52. The lowest BCUT2D eigenvalue weighted by Gasteiger charge is -2.12. The highest BCUT2D eigenvalue weighted by molar-refractivity contribution is 5.93. The summed E-state index contributed by atoms with van der Waals surface area (Å²) in [5.74, 6) is 0.908. The van der Waals surface area contributed by atoms with Crippen molar-refractivity contribution in [3.63, 3.8) is 0 Å². The minimum Gasteiger partial charge on any atom is -0.495 e. The van der Waals surface area contributed by atoms with Gasteiger partial charge in [-0.25, -0.2) is 0 Å². The molecule has 1 unspecified atom stereocenters. The summed E-state index contributed by atoms with van der Waals surface area (Å²) in [5.41, 5.74) is 0.652. The quantitative estimate of drug-likeness (QED) is 0.687. The van der Waals surface area contributed by atoms with Crippen LogP contribution in [0.4, 0.5) is 5.69 Å². The highest BCUT2D eigenvalue weighted by Crippen LogP contribution is 2.32. The number of hydrogen-bond acceptors (Lipinski definition) is 4. The number of aliphatic hydroxyl groups is 1. The molecule has 0 bridgehead atoms. The van der Waals surface area contributed by atoms with Crippen molar-refractivity contribution in [2.75, 3.05) is 25.5 Å². The molecule has 1 saturated carbocycles. The van der Waals surface area contributed by atoms with Crippen LogP contribution in [0.15, 0.2) is 24.3 Å². The van der Waals surface area contributed by atoms with Gasteiger partial charge in [0.1, 0.15) is 5.75 Å². The van der Waals surface area contributed by atoms with E-state index >= 15 is 0 Å². The number of anilines is 1. The van der Waals surface area contributed by atoms with Crippen LogP contribution in [-0.4, -0.2) is 37.3 Å². The highest BCUT2D eigenvalue weighted by Gasteiger charge is 2.29. The van der Waals surface area contributed by atoms with Crippen molar-refractivity contribution in [1.29, 1.82) is 0 Å². The van der Waals surface area contributed by atoms with Crippen LogP contribution in [0.2, 0.25) is 0 Å². The monoisotopic (exact) mass is 264 g/mol. The van der Waals surface area contributed by atoms with Crippen molar-refractivity contribution in [2.45, 2.75) is 18.9 Å². The van der Waals surface area contributed by atoms with Crippen LogP contribution in [0.3, 0.4) is 0 Å². The van der Waals surface area contributed by atoms with E-state index in [4.69, 9.17) is 4.74 Å². The Labute approximate surface area is 113 Å². The van der Waals surface area contributed by atoms with E-state index in [0.29, 0.717) is 23.9 Å². The number of methoxy groups -OCH3 is 1. The first-order chi connectivity index (χ1) is 9.20. The summed E-state index contributed by atoms with van der Waals surface area (Å²) in [6.45, 7) is 0.645. The molecule has 1 amide bonds. The molecule has 1 fully saturated rings. The number of amides is 1. The van der Waals surface area contributed by atoms with Crippen molar-refractivity contribution in [1.82, 2.24) is 5.32 Å². The summed E-state index contributed by atoms with van der Waals surface area (Å²) in [6.07, 6.45) is 1.85. The number of rotatable bonds is 7. The topological polar surface area (TPSA) is 70.6 Å². The third-order valence-corrected chi connectivity index (χ3v) is 3.19. The van der Waals surface area contributed by atoms with Gasteiger partial charge in [-0.3, -0.25) is 4.79 Å². The molecule has 1 aromatic carbocycles. The molecule has 19 heavy (non-hydrogen) atoms. The summed E-state index contributed by atoms with van der Waals surface area (Å²) in [7, 11) is 1.56. The van der Waals surface area contributed by atoms with Gasteiger partial charge in [-0.05, 0) is 30.9 Å². The van der Waals surface area contributed by atoms with Gasteiger partial charge < -0.3 is 20.5 Å². The first kappa shape index (κ1) is 13.8. The molecule has 0 saturated heterocycles. The molecule has 0 radical (unpaired) electrons. The molecule has 1 aromatic rings. The van der Waals surface area contributed by atoms with Gasteiger partial charge in [0.05, 0.1) is 25.4 Å². The van der Waals surface area contributed by atoms with E-state index < -0.39 is 0 Å². The summed E-state index contributed by atoms with van der Waals surface area (Å²) in [5, 5.41) is 15.4. The lowest BCUT2D eigenvalue weighted by molar-refractivity contribution is -0.115. The molecule has 5 nitrogen and oxygen atoms in total. The molecule has 0 heterocycles. The Balaban J connectivity index is 1.74. The summed E-state index contributed by atoms with van der Waals surface area (Å²) < 4.78 is 5.15. The van der Waals surface area contributed by atoms with Crippen LogP contribution in [0.1, 0.15) is 12.8 Å². The van der Waals surface area contributed by atoms with Gasteiger partial charge in [0.2, 0.25) is 5.91 Å². The Kier molecular flexibility index (Phi) is 4.76. The minimum atomic E-state index is -0.334. The molecular weight excluding hydrogens is 244 g/mol. The number of nitrogens with one attached hydrogen (secondary N) is 2. The molecule has 2 rings (SSSR count). The van der Waals surface area contributed by atoms with Gasteiger partial charge in [0.15, 0.2) is 0 Å². The number of benzene rings is 1. The van der Waals surface area contributed by atoms with E-state index in [0.717, 1.165) is 12.8 Å². The van der Waals surface area contributed by atoms with Crippen molar-refractivity contribution in [3.05, 3.63) is 24.3 Å². The molecule has 3 N–H and O–H groups in total. The molecule has 5 heteroatoms. The van der Waals surface area contributed by atoms with Gasteiger partial charge in [0, 0.05) is 6.54 Å². The van der Waals surface area contributed by atoms with E-state index in [2.05, 4.69) is 10.6 Å². The first-order valence-corrected chi connectivity index (χ1v) is 6.52. The van der Waals surface area contributed by atoms with E-state index in [-0.39, 0.29) is 18.6 Å². The second-order valence-corrected chi connectivity index (χ2v) is 4.78. The largest absolute Gasteiger partial charge is 0.495 e. The van der Waals surface area contributed by atoms with E-state index in [1.807, 2.05) is 12.1 Å². The molecule has 104 valence electrons. The maximum absolute atomic E-state index is 11.7. The molecular formula is C14H20N2O3. The molecule has 0 aromatic heterocycles. The average molecular weight is 264 g/mol.